The van der Waals surface area contributed by atoms with Crippen LogP contribution in [0.2, 0.25) is 5.15 Å². The summed E-state index contributed by atoms with van der Waals surface area (Å²) < 4.78 is 37.4. The molecule has 1 aromatic heterocycles. The molecular formula is C12H13ClF3NO. The van der Waals surface area contributed by atoms with Gasteiger partial charge in [-0.15, -0.1) is 0 Å². The second kappa shape index (κ2) is 4.38. The Hall–Kier alpha value is -0.810. The van der Waals surface area contributed by atoms with Crippen LogP contribution in [0.15, 0.2) is 12.1 Å². The van der Waals surface area contributed by atoms with E-state index in [2.05, 4.69) is 4.98 Å². The number of aromatic nitrogens is 1. The molecule has 1 aliphatic rings. The molecule has 100 valence electrons. The third kappa shape index (κ3) is 2.21. The summed E-state index contributed by atoms with van der Waals surface area (Å²) in [4.78, 5) is 3.35. The summed E-state index contributed by atoms with van der Waals surface area (Å²) in [6.45, 7) is 1.86. The van der Waals surface area contributed by atoms with Crippen molar-refractivity contribution in [1.82, 2.24) is 4.98 Å². The highest BCUT2D eigenvalue weighted by molar-refractivity contribution is 6.30. The number of rotatable bonds is 1. The van der Waals surface area contributed by atoms with Gasteiger partial charge in [-0.05, 0) is 31.2 Å². The molecule has 0 bridgehead atoms. The van der Waals surface area contributed by atoms with Crippen LogP contribution in [0.3, 0.4) is 0 Å². The molecule has 1 heterocycles. The van der Waals surface area contributed by atoms with Gasteiger partial charge in [-0.3, -0.25) is 0 Å². The average molecular weight is 280 g/mol. The van der Waals surface area contributed by atoms with Crippen LogP contribution in [0.4, 0.5) is 13.2 Å². The minimum absolute atomic E-state index is 0.0338. The number of pyridine rings is 1. The summed E-state index contributed by atoms with van der Waals surface area (Å²) in [6.07, 6.45) is -2.37. The average Bonchev–Trinajstić information content (AvgIpc) is 2.58. The lowest BCUT2D eigenvalue weighted by Gasteiger charge is -2.29. The lowest BCUT2D eigenvalue weighted by Crippen LogP contribution is -2.29. The van der Waals surface area contributed by atoms with Crippen molar-refractivity contribution >= 4 is 11.6 Å². The number of alkyl halides is 3. The summed E-state index contributed by atoms with van der Waals surface area (Å²) in [5, 5.41) is 10.2. The molecule has 0 aliphatic heterocycles. The molecular weight excluding hydrogens is 267 g/mol. The first-order valence-electron chi connectivity index (χ1n) is 5.72. The van der Waals surface area contributed by atoms with Crippen LogP contribution in [-0.4, -0.2) is 10.1 Å². The minimum atomic E-state index is -4.52. The number of hydrogen-bond donors (Lipinski definition) is 1. The van der Waals surface area contributed by atoms with Gasteiger partial charge in [0.2, 0.25) is 0 Å². The topological polar surface area (TPSA) is 33.1 Å². The largest absolute Gasteiger partial charge is 0.433 e. The first-order chi connectivity index (χ1) is 8.25. The predicted octanol–water partition coefficient (Wildman–Crippen LogP) is 3.76. The van der Waals surface area contributed by atoms with Gasteiger partial charge in [0.15, 0.2) is 0 Å². The van der Waals surface area contributed by atoms with Gasteiger partial charge in [0, 0.05) is 5.56 Å². The molecule has 18 heavy (non-hydrogen) atoms. The molecule has 0 spiro atoms. The Morgan fingerprint density at radius 2 is 2.11 bits per heavy atom. The number of nitrogens with zero attached hydrogens (tertiary/aromatic N) is 1. The number of aliphatic hydroxyl groups is 1. The fourth-order valence-electron chi connectivity index (χ4n) is 2.48. The van der Waals surface area contributed by atoms with E-state index in [1.165, 1.54) is 6.07 Å². The van der Waals surface area contributed by atoms with Gasteiger partial charge in [-0.1, -0.05) is 24.6 Å². The third-order valence-corrected chi connectivity index (χ3v) is 3.90. The van der Waals surface area contributed by atoms with Crippen LogP contribution in [0.1, 0.15) is 37.4 Å². The number of hydrogen-bond acceptors (Lipinski definition) is 2. The van der Waals surface area contributed by atoms with Crippen LogP contribution < -0.4 is 0 Å². The maximum Gasteiger partial charge on any atom is 0.433 e. The fourth-order valence-corrected chi connectivity index (χ4v) is 2.80. The van der Waals surface area contributed by atoms with Crippen molar-refractivity contribution in [3.8, 4) is 0 Å². The maximum absolute atomic E-state index is 12.5. The highest BCUT2D eigenvalue weighted by Gasteiger charge is 2.42. The first kappa shape index (κ1) is 13.6. The molecule has 0 saturated heterocycles. The highest BCUT2D eigenvalue weighted by atomic mass is 35.5. The summed E-state index contributed by atoms with van der Waals surface area (Å²) in [6, 6.07) is 2.10. The molecule has 2 atom stereocenters. The molecule has 1 saturated carbocycles. The monoisotopic (exact) mass is 279 g/mol. The van der Waals surface area contributed by atoms with Crippen LogP contribution in [-0.2, 0) is 11.8 Å². The summed E-state index contributed by atoms with van der Waals surface area (Å²) >= 11 is 5.80. The van der Waals surface area contributed by atoms with E-state index in [0.717, 1.165) is 18.9 Å². The molecule has 1 N–H and O–H groups in total. The minimum Gasteiger partial charge on any atom is -0.385 e. The Bertz CT molecular complexity index is 463. The van der Waals surface area contributed by atoms with Crippen molar-refractivity contribution in [2.24, 2.45) is 5.92 Å². The number of halogens is 4. The summed E-state index contributed by atoms with van der Waals surface area (Å²) in [5.74, 6) is -0.0338. The molecule has 1 fully saturated rings. The highest BCUT2D eigenvalue weighted by Crippen LogP contribution is 2.45. The Labute approximate surface area is 108 Å². The van der Waals surface area contributed by atoms with E-state index >= 15 is 0 Å². The van der Waals surface area contributed by atoms with Gasteiger partial charge in [0.05, 0.1) is 5.60 Å². The van der Waals surface area contributed by atoms with Crippen LogP contribution >= 0.6 is 11.6 Å². The summed E-state index contributed by atoms with van der Waals surface area (Å²) in [7, 11) is 0. The standard InChI is InChI=1S/C12H13ClF3NO/c1-7-3-2-6-11(7,18)8-4-5-9(12(14,15)16)17-10(8)13/h4-5,7,18H,2-3,6H2,1H3. The molecule has 0 amide bonds. The van der Waals surface area contributed by atoms with E-state index in [1.54, 1.807) is 0 Å². The SMILES string of the molecule is CC1CCCC1(O)c1ccc(C(F)(F)F)nc1Cl. The molecule has 0 aromatic carbocycles. The van der Waals surface area contributed by atoms with Crippen molar-refractivity contribution < 1.29 is 18.3 Å². The van der Waals surface area contributed by atoms with E-state index in [0.29, 0.717) is 12.0 Å². The molecule has 2 nitrogen and oxygen atoms in total. The van der Waals surface area contributed by atoms with Crippen LogP contribution in [0, 0.1) is 5.92 Å². The molecule has 1 aliphatic carbocycles. The van der Waals surface area contributed by atoms with Gasteiger partial charge in [-0.25, -0.2) is 4.98 Å². The predicted molar refractivity (Wildman–Crippen MR) is 61.2 cm³/mol. The second-order valence-corrected chi connectivity index (χ2v) is 5.11. The van der Waals surface area contributed by atoms with E-state index in [1.807, 2.05) is 6.92 Å². The zero-order valence-corrected chi connectivity index (χ0v) is 10.5. The van der Waals surface area contributed by atoms with E-state index < -0.39 is 17.5 Å². The van der Waals surface area contributed by atoms with Crippen molar-refractivity contribution in [2.75, 3.05) is 0 Å². The lowest BCUT2D eigenvalue weighted by molar-refractivity contribution is -0.141. The molecule has 2 rings (SSSR count). The van der Waals surface area contributed by atoms with Gasteiger partial charge in [0.1, 0.15) is 10.8 Å². The van der Waals surface area contributed by atoms with Gasteiger partial charge in [0.25, 0.3) is 0 Å². The van der Waals surface area contributed by atoms with Crippen molar-refractivity contribution in [3.05, 3.63) is 28.5 Å². The Balaban J connectivity index is 2.42. The molecule has 6 heteroatoms. The van der Waals surface area contributed by atoms with Crippen LogP contribution in [0.5, 0.6) is 0 Å². The molecule has 1 aromatic rings. The lowest BCUT2D eigenvalue weighted by atomic mass is 9.86. The first-order valence-corrected chi connectivity index (χ1v) is 6.09. The third-order valence-electron chi connectivity index (χ3n) is 3.62. The zero-order valence-electron chi connectivity index (χ0n) is 9.76. The quantitative estimate of drug-likeness (QED) is 0.794. The van der Waals surface area contributed by atoms with Crippen molar-refractivity contribution in [3.63, 3.8) is 0 Å². The van der Waals surface area contributed by atoms with Gasteiger partial charge < -0.3 is 5.11 Å². The smallest absolute Gasteiger partial charge is 0.385 e. The zero-order chi connectivity index (χ0) is 13.6. The van der Waals surface area contributed by atoms with E-state index in [4.69, 9.17) is 11.6 Å². The van der Waals surface area contributed by atoms with Crippen molar-refractivity contribution in [2.45, 2.75) is 38.0 Å². The normalized spacial score (nSPS) is 28.7. The van der Waals surface area contributed by atoms with Crippen molar-refractivity contribution in [1.29, 1.82) is 0 Å². The van der Waals surface area contributed by atoms with Gasteiger partial charge >= 0.3 is 6.18 Å². The van der Waals surface area contributed by atoms with Crippen LogP contribution in [0.25, 0.3) is 0 Å². The van der Waals surface area contributed by atoms with Gasteiger partial charge in [-0.2, -0.15) is 13.2 Å². The Morgan fingerprint density at radius 3 is 2.56 bits per heavy atom. The molecule has 0 radical (unpaired) electrons. The Morgan fingerprint density at radius 1 is 1.44 bits per heavy atom. The van der Waals surface area contributed by atoms with E-state index in [9.17, 15) is 18.3 Å². The molecule has 2 unspecified atom stereocenters. The summed E-state index contributed by atoms with van der Waals surface area (Å²) in [5.41, 5.74) is -1.90. The maximum atomic E-state index is 12.5. The Kier molecular flexibility index (Phi) is 3.32. The second-order valence-electron chi connectivity index (χ2n) is 4.75. The fraction of sp³-hybridized carbons (Fsp3) is 0.583. The van der Waals surface area contributed by atoms with E-state index in [-0.39, 0.29) is 11.1 Å².